The first-order valence-corrected chi connectivity index (χ1v) is 11.1. The average Bonchev–Trinajstić information content (AvgIpc) is 2.81. The third-order valence-electron chi connectivity index (χ3n) is 5.53. The van der Waals surface area contributed by atoms with Gasteiger partial charge in [0.2, 0.25) is 0 Å². The van der Waals surface area contributed by atoms with Gasteiger partial charge in [0.1, 0.15) is 36.9 Å². The first-order chi connectivity index (χ1) is 15.8. The van der Waals surface area contributed by atoms with Crippen LogP contribution in [0.3, 0.4) is 0 Å². The minimum absolute atomic E-state index is 0.0166. The summed E-state index contributed by atoms with van der Waals surface area (Å²) in [6.45, 7) is 11.4. The molecule has 2 aromatic rings. The van der Waals surface area contributed by atoms with Crippen LogP contribution < -0.4 is 9.47 Å². The molecule has 180 valence electrons. The van der Waals surface area contributed by atoms with Crippen molar-refractivity contribution in [3.8, 4) is 11.5 Å². The van der Waals surface area contributed by atoms with Gasteiger partial charge in [-0.1, -0.05) is 38.1 Å². The maximum atomic E-state index is 9.57. The number of hydrogen-bond donors (Lipinski definition) is 4. The molecule has 0 aliphatic carbocycles. The Morgan fingerprint density at radius 1 is 0.788 bits per heavy atom. The Hall–Kier alpha value is -2.64. The SMILES string of the molecule is C=CCc1cc(OCC(O)CO)ccc1C(C)(C)c1ccc(OCC(O)CO)cc1CC=C. The van der Waals surface area contributed by atoms with Crippen LogP contribution in [0.4, 0.5) is 0 Å². The van der Waals surface area contributed by atoms with Gasteiger partial charge in [-0.25, -0.2) is 0 Å². The van der Waals surface area contributed by atoms with E-state index in [1.807, 2.05) is 48.6 Å². The monoisotopic (exact) mass is 456 g/mol. The van der Waals surface area contributed by atoms with Gasteiger partial charge in [-0.3, -0.25) is 0 Å². The van der Waals surface area contributed by atoms with Crippen LogP contribution in [0.15, 0.2) is 61.7 Å². The lowest BCUT2D eigenvalue weighted by atomic mass is 9.73. The predicted octanol–water partition coefficient (Wildman–Crippen LogP) is 2.93. The van der Waals surface area contributed by atoms with E-state index in [1.54, 1.807) is 0 Å². The third kappa shape index (κ3) is 7.17. The van der Waals surface area contributed by atoms with Crippen LogP contribution in [-0.4, -0.2) is 59.1 Å². The van der Waals surface area contributed by atoms with Crippen LogP contribution in [0.2, 0.25) is 0 Å². The average molecular weight is 457 g/mol. The van der Waals surface area contributed by atoms with E-state index in [9.17, 15) is 10.2 Å². The zero-order valence-electron chi connectivity index (χ0n) is 19.5. The highest BCUT2D eigenvalue weighted by Gasteiger charge is 2.28. The molecule has 0 fully saturated rings. The van der Waals surface area contributed by atoms with Gasteiger partial charge in [-0.05, 0) is 59.4 Å². The van der Waals surface area contributed by atoms with E-state index in [0.29, 0.717) is 24.3 Å². The van der Waals surface area contributed by atoms with Gasteiger partial charge < -0.3 is 29.9 Å². The Balaban J connectivity index is 2.41. The van der Waals surface area contributed by atoms with Gasteiger partial charge in [-0.2, -0.15) is 0 Å². The molecule has 0 radical (unpaired) electrons. The summed E-state index contributed by atoms with van der Waals surface area (Å²) in [5.41, 5.74) is 3.99. The number of allylic oxidation sites excluding steroid dienone is 2. The van der Waals surface area contributed by atoms with Crippen LogP contribution in [0.25, 0.3) is 0 Å². The molecular formula is C27H36O6. The molecule has 0 aromatic heterocycles. The first-order valence-electron chi connectivity index (χ1n) is 11.1. The summed E-state index contributed by atoms with van der Waals surface area (Å²) in [5.74, 6) is 1.24. The fourth-order valence-electron chi connectivity index (χ4n) is 3.82. The Morgan fingerprint density at radius 3 is 1.52 bits per heavy atom. The predicted molar refractivity (Wildman–Crippen MR) is 130 cm³/mol. The molecule has 0 bridgehead atoms. The molecule has 0 heterocycles. The molecule has 6 nitrogen and oxygen atoms in total. The molecule has 4 N–H and O–H groups in total. The molecule has 2 aromatic carbocycles. The number of aliphatic hydroxyl groups is 4. The summed E-state index contributed by atoms with van der Waals surface area (Å²) in [4.78, 5) is 0. The molecule has 6 heteroatoms. The van der Waals surface area contributed by atoms with Gasteiger partial charge in [0.05, 0.1) is 13.2 Å². The molecule has 0 aliphatic heterocycles. The Bertz CT molecular complexity index is 847. The van der Waals surface area contributed by atoms with Crippen LogP contribution in [-0.2, 0) is 18.3 Å². The maximum Gasteiger partial charge on any atom is 0.119 e. The Morgan fingerprint density at radius 2 is 1.18 bits per heavy atom. The van der Waals surface area contributed by atoms with Gasteiger partial charge >= 0.3 is 0 Å². The molecule has 2 rings (SSSR count). The number of rotatable bonds is 14. The fourth-order valence-corrected chi connectivity index (χ4v) is 3.82. The number of hydrogen-bond acceptors (Lipinski definition) is 6. The lowest BCUT2D eigenvalue weighted by Gasteiger charge is -2.31. The van der Waals surface area contributed by atoms with Crippen molar-refractivity contribution >= 4 is 0 Å². The second-order valence-electron chi connectivity index (χ2n) is 8.54. The molecule has 0 amide bonds. The topological polar surface area (TPSA) is 99.4 Å². The van der Waals surface area contributed by atoms with Crippen LogP contribution in [0, 0.1) is 0 Å². The highest BCUT2D eigenvalue weighted by molar-refractivity contribution is 5.50. The van der Waals surface area contributed by atoms with Crippen molar-refractivity contribution < 1.29 is 29.9 Å². The van der Waals surface area contributed by atoms with E-state index in [2.05, 4.69) is 27.0 Å². The van der Waals surface area contributed by atoms with Crippen LogP contribution in [0.1, 0.15) is 36.1 Å². The molecule has 0 aliphatic rings. The Kier molecular flexibility index (Phi) is 10.1. The van der Waals surface area contributed by atoms with Gasteiger partial charge in [0, 0.05) is 5.41 Å². The third-order valence-corrected chi connectivity index (χ3v) is 5.53. The maximum absolute atomic E-state index is 9.57. The molecule has 0 saturated heterocycles. The highest BCUT2D eigenvalue weighted by atomic mass is 16.5. The number of benzene rings is 2. The van der Waals surface area contributed by atoms with Crippen molar-refractivity contribution in [2.24, 2.45) is 0 Å². The fraction of sp³-hybridized carbons (Fsp3) is 0.407. The minimum Gasteiger partial charge on any atom is -0.491 e. The number of ether oxygens (including phenoxy) is 2. The summed E-state index contributed by atoms with van der Waals surface area (Å²) < 4.78 is 11.3. The van der Waals surface area contributed by atoms with Crippen molar-refractivity contribution in [2.75, 3.05) is 26.4 Å². The molecule has 2 atom stereocenters. The largest absolute Gasteiger partial charge is 0.491 e. The van der Waals surface area contributed by atoms with Gasteiger partial charge in [-0.15, -0.1) is 13.2 Å². The Labute approximate surface area is 196 Å². The molecular weight excluding hydrogens is 420 g/mol. The van der Waals surface area contributed by atoms with Crippen molar-refractivity contribution in [1.82, 2.24) is 0 Å². The summed E-state index contributed by atoms with van der Waals surface area (Å²) >= 11 is 0. The van der Waals surface area contributed by atoms with E-state index >= 15 is 0 Å². The van der Waals surface area contributed by atoms with E-state index in [0.717, 1.165) is 22.3 Å². The number of aliphatic hydroxyl groups excluding tert-OH is 4. The second-order valence-corrected chi connectivity index (χ2v) is 8.54. The van der Waals surface area contributed by atoms with E-state index in [1.165, 1.54) is 0 Å². The van der Waals surface area contributed by atoms with Crippen LogP contribution in [0.5, 0.6) is 11.5 Å². The molecule has 0 saturated carbocycles. The normalized spacial score (nSPS) is 13.3. The van der Waals surface area contributed by atoms with Crippen molar-refractivity contribution in [3.05, 3.63) is 84.0 Å². The van der Waals surface area contributed by atoms with Gasteiger partial charge in [0.25, 0.3) is 0 Å². The molecule has 2 unspecified atom stereocenters. The highest BCUT2D eigenvalue weighted by Crippen LogP contribution is 2.38. The summed E-state index contributed by atoms with van der Waals surface area (Å²) in [6, 6.07) is 11.7. The lowest BCUT2D eigenvalue weighted by molar-refractivity contribution is 0.0535. The summed E-state index contributed by atoms with van der Waals surface area (Å²) in [6.07, 6.45) is 3.13. The summed E-state index contributed by atoms with van der Waals surface area (Å²) in [5, 5.41) is 37.2. The standard InChI is InChI=1S/C27H36O6/c1-5-7-19-13-23(32-17-21(30)15-28)9-11-25(19)27(3,4)26-12-10-24(14-20(26)8-6-2)33-18-22(31)16-29/h5-6,9-14,21-22,28-31H,1-2,7-8,15-18H2,3-4H3. The lowest BCUT2D eigenvalue weighted by Crippen LogP contribution is -2.24. The van der Waals surface area contributed by atoms with E-state index in [4.69, 9.17) is 19.7 Å². The van der Waals surface area contributed by atoms with Crippen molar-refractivity contribution in [1.29, 1.82) is 0 Å². The first kappa shape index (κ1) is 26.6. The minimum atomic E-state index is -0.926. The molecule has 33 heavy (non-hydrogen) atoms. The molecule has 0 spiro atoms. The van der Waals surface area contributed by atoms with Crippen LogP contribution >= 0.6 is 0 Å². The van der Waals surface area contributed by atoms with Crippen molar-refractivity contribution in [3.63, 3.8) is 0 Å². The van der Waals surface area contributed by atoms with E-state index in [-0.39, 0.29) is 31.8 Å². The zero-order valence-corrected chi connectivity index (χ0v) is 19.5. The smallest absolute Gasteiger partial charge is 0.119 e. The van der Waals surface area contributed by atoms with E-state index < -0.39 is 12.2 Å². The van der Waals surface area contributed by atoms with Gasteiger partial charge in [0.15, 0.2) is 0 Å². The quantitative estimate of drug-likeness (QED) is 0.326. The summed E-state index contributed by atoms with van der Waals surface area (Å²) in [7, 11) is 0. The second kappa shape index (κ2) is 12.6. The van der Waals surface area contributed by atoms with Crippen molar-refractivity contribution in [2.45, 2.75) is 44.3 Å². The zero-order chi connectivity index (χ0) is 24.4.